The molecule has 0 atom stereocenters. The molecule has 0 radical (unpaired) electrons. The second-order valence-electron chi connectivity index (χ2n) is 3.53. The van der Waals surface area contributed by atoms with E-state index in [4.69, 9.17) is 11.6 Å². The van der Waals surface area contributed by atoms with Crippen molar-refractivity contribution in [2.45, 2.75) is 30.5 Å². The summed E-state index contributed by atoms with van der Waals surface area (Å²) in [5.74, 6) is -0.473. The largest absolute Gasteiger partial charge is 0.355 e. The molecule has 2 rings (SSSR count). The van der Waals surface area contributed by atoms with Crippen molar-refractivity contribution < 1.29 is 13.6 Å². The van der Waals surface area contributed by atoms with Crippen molar-refractivity contribution in [3.8, 4) is 0 Å². The van der Waals surface area contributed by atoms with E-state index < -0.39 is 23.2 Å². The molecule has 17 heavy (non-hydrogen) atoms. The number of hydrogen-bond acceptors (Lipinski definition) is 4. The van der Waals surface area contributed by atoms with Gasteiger partial charge in [-0.25, -0.2) is 13.6 Å². The zero-order chi connectivity index (χ0) is 12.6. The third kappa shape index (κ3) is 2.68. The second kappa shape index (κ2) is 4.77. The van der Waals surface area contributed by atoms with Gasteiger partial charge in [-0.05, 0) is 24.4 Å². The SMILES string of the molecule is O=C(Cl)n1nc(SCC(F)F)n(C2CC2)c1=O. The van der Waals surface area contributed by atoms with E-state index in [0.29, 0.717) is 4.68 Å². The summed E-state index contributed by atoms with van der Waals surface area (Å²) < 4.78 is 25.9. The molecule has 0 amide bonds. The highest BCUT2D eigenvalue weighted by Gasteiger charge is 2.31. The number of alkyl halides is 2. The minimum Gasteiger partial charge on any atom is -0.266 e. The van der Waals surface area contributed by atoms with Crippen LogP contribution in [0, 0.1) is 0 Å². The molecule has 1 aliphatic rings. The summed E-state index contributed by atoms with van der Waals surface area (Å²) >= 11 is 5.92. The molecule has 1 aromatic rings. The van der Waals surface area contributed by atoms with E-state index in [1.807, 2.05) is 0 Å². The fourth-order valence-corrected chi connectivity index (χ4v) is 2.25. The van der Waals surface area contributed by atoms with Crippen LogP contribution in [0.5, 0.6) is 0 Å². The monoisotopic (exact) mass is 283 g/mol. The lowest BCUT2D eigenvalue weighted by Gasteiger charge is -2.01. The first kappa shape index (κ1) is 12.6. The molecular weight excluding hydrogens is 276 g/mol. The van der Waals surface area contributed by atoms with E-state index in [1.165, 1.54) is 4.57 Å². The van der Waals surface area contributed by atoms with Crippen LogP contribution in [0.4, 0.5) is 13.6 Å². The van der Waals surface area contributed by atoms with Gasteiger partial charge in [0.2, 0.25) is 6.43 Å². The van der Waals surface area contributed by atoms with Crippen molar-refractivity contribution in [3.63, 3.8) is 0 Å². The van der Waals surface area contributed by atoms with Crippen molar-refractivity contribution in [3.05, 3.63) is 10.5 Å². The smallest absolute Gasteiger partial charge is 0.266 e. The van der Waals surface area contributed by atoms with Gasteiger partial charge in [0.1, 0.15) is 0 Å². The van der Waals surface area contributed by atoms with Crippen molar-refractivity contribution >= 4 is 28.7 Å². The maximum atomic E-state index is 12.1. The Morgan fingerprint density at radius 2 is 2.24 bits per heavy atom. The minimum absolute atomic E-state index is 0.0487. The summed E-state index contributed by atoms with van der Waals surface area (Å²) in [4.78, 5) is 22.6. The summed E-state index contributed by atoms with van der Waals surface area (Å²) in [6.07, 6.45) is -0.936. The number of hydrogen-bond donors (Lipinski definition) is 0. The predicted molar refractivity (Wildman–Crippen MR) is 58.1 cm³/mol. The van der Waals surface area contributed by atoms with Crippen LogP contribution in [0.1, 0.15) is 18.9 Å². The van der Waals surface area contributed by atoms with Gasteiger partial charge in [-0.3, -0.25) is 9.36 Å². The molecule has 0 N–H and O–H groups in total. The molecule has 1 heterocycles. The Bertz CT molecular complexity index is 497. The van der Waals surface area contributed by atoms with Crippen molar-refractivity contribution in [1.82, 2.24) is 14.3 Å². The van der Waals surface area contributed by atoms with Gasteiger partial charge < -0.3 is 0 Å². The Hall–Kier alpha value is -0.890. The first-order valence-corrected chi connectivity index (χ1v) is 6.19. The number of carbonyl (C=O) groups is 1. The molecule has 0 bridgehead atoms. The molecule has 5 nitrogen and oxygen atoms in total. The van der Waals surface area contributed by atoms with E-state index in [0.717, 1.165) is 24.6 Å². The Kier molecular flexibility index (Phi) is 3.53. The molecule has 0 saturated heterocycles. The third-order valence-corrected chi connectivity index (χ3v) is 3.31. The highest BCUT2D eigenvalue weighted by molar-refractivity contribution is 7.99. The average molecular weight is 284 g/mol. The van der Waals surface area contributed by atoms with E-state index in [2.05, 4.69) is 5.10 Å². The predicted octanol–water partition coefficient (Wildman–Crippen LogP) is 1.94. The Morgan fingerprint density at radius 1 is 1.59 bits per heavy atom. The molecule has 0 aromatic carbocycles. The normalized spacial score (nSPS) is 15.5. The average Bonchev–Trinajstić information content (AvgIpc) is 3.00. The lowest BCUT2D eigenvalue weighted by atomic mass is 10.7. The van der Waals surface area contributed by atoms with E-state index in [-0.39, 0.29) is 11.2 Å². The van der Waals surface area contributed by atoms with Gasteiger partial charge in [0.15, 0.2) is 5.16 Å². The molecule has 9 heteroatoms. The number of carbonyl (C=O) groups excluding carboxylic acids is 1. The molecule has 0 unspecified atom stereocenters. The van der Waals surface area contributed by atoms with Gasteiger partial charge in [0.25, 0.3) is 0 Å². The van der Waals surface area contributed by atoms with Gasteiger partial charge in [-0.1, -0.05) is 11.8 Å². The van der Waals surface area contributed by atoms with Crippen LogP contribution < -0.4 is 5.69 Å². The highest BCUT2D eigenvalue weighted by atomic mass is 35.5. The molecule has 1 aromatic heterocycles. The quantitative estimate of drug-likeness (QED) is 0.626. The maximum Gasteiger partial charge on any atom is 0.355 e. The van der Waals surface area contributed by atoms with Crippen LogP contribution in [0.2, 0.25) is 0 Å². The lowest BCUT2D eigenvalue weighted by molar-refractivity contribution is 0.176. The molecule has 1 aliphatic carbocycles. The Balaban J connectivity index is 2.32. The van der Waals surface area contributed by atoms with Gasteiger partial charge in [0.05, 0.1) is 5.75 Å². The molecular formula is C8H8ClF2N3O2S. The van der Waals surface area contributed by atoms with E-state index in [9.17, 15) is 18.4 Å². The lowest BCUT2D eigenvalue weighted by Crippen LogP contribution is -2.26. The molecule has 1 fully saturated rings. The zero-order valence-electron chi connectivity index (χ0n) is 8.48. The summed E-state index contributed by atoms with van der Waals surface area (Å²) in [5.41, 5.74) is -0.663. The fraction of sp³-hybridized carbons (Fsp3) is 0.625. The van der Waals surface area contributed by atoms with Gasteiger partial charge in [-0.2, -0.15) is 0 Å². The van der Waals surface area contributed by atoms with Gasteiger partial charge in [-0.15, -0.1) is 9.78 Å². The van der Waals surface area contributed by atoms with Crippen LogP contribution >= 0.6 is 23.4 Å². The van der Waals surface area contributed by atoms with E-state index >= 15 is 0 Å². The van der Waals surface area contributed by atoms with E-state index in [1.54, 1.807) is 0 Å². The van der Waals surface area contributed by atoms with Gasteiger partial charge >= 0.3 is 11.1 Å². The first-order chi connectivity index (χ1) is 8.00. The number of halogens is 3. The van der Waals surface area contributed by atoms with Crippen LogP contribution in [0.3, 0.4) is 0 Å². The van der Waals surface area contributed by atoms with Crippen molar-refractivity contribution in [1.29, 1.82) is 0 Å². The Labute approximate surface area is 104 Å². The van der Waals surface area contributed by atoms with Crippen LogP contribution in [0.25, 0.3) is 0 Å². The standard InChI is InChI=1S/C8H8ClF2N3O2S/c9-6(15)14-8(16)13(4-1-2-4)7(12-14)17-3-5(10)11/h4-5H,1-3H2. The second-order valence-corrected chi connectivity index (χ2v) is 4.84. The third-order valence-electron chi connectivity index (χ3n) is 2.20. The number of aromatic nitrogens is 3. The molecule has 94 valence electrons. The highest BCUT2D eigenvalue weighted by Crippen LogP contribution is 2.36. The zero-order valence-corrected chi connectivity index (χ0v) is 10.0. The fourth-order valence-electron chi connectivity index (χ4n) is 1.36. The number of thioether (sulfide) groups is 1. The van der Waals surface area contributed by atoms with Gasteiger partial charge in [0, 0.05) is 6.04 Å². The van der Waals surface area contributed by atoms with Crippen LogP contribution in [-0.4, -0.2) is 31.9 Å². The molecule has 1 saturated carbocycles. The van der Waals surface area contributed by atoms with Crippen LogP contribution in [0.15, 0.2) is 9.95 Å². The van der Waals surface area contributed by atoms with Crippen molar-refractivity contribution in [2.75, 3.05) is 5.75 Å². The van der Waals surface area contributed by atoms with Crippen LogP contribution in [-0.2, 0) is 0 Å². The number of nitrogens with zero attached hydrogens (tertiary/aromatic N) is 3. The molecule has 0 aliphatic heterocycles. The topological polar surface area (TPSA) is 56.9 Å². The summed E-state index contributed by atoms with van der Waals surface area (Å²) in [6.45, 7) is 0. The maximum absolute atomic E-state index is 12.1. The summed E-state index contributed by atoms with van der Waals surface area (Å²) in [7, 11) is 0. The van der Waals surface area contributed by atoms with Crippen molar-refractivity contribution in [2.24, 2.45) is 0 Å². The first-order valence-electron chi connectivity index (χ1n) is 4.83. The Morgan fingerprint density at radius 3 is 2.71 bits per heavy atom. The summed E-state index contributed by atoms with van der Waals surface area (Å²) in [6, 6.07) is -0.0487. The summed E-state index contributed by atoms with van der Waals surface area (Å²) in [5, 5.41) is 2.74. The number of rotatable bonds is 4. The minimum atomic E-state index is -2.50. The molecule has 0 spiro atoms.